The van der Waals surface area contributed by atoms with Crippen molar-refractivity contribution in [3.8, 4) is 5.75 Å². The van der Waals surface area contributed by atoms with E-state index in [9.17, 15) is 4.79 Å². The number of hydrogen-bond acceptors (Lipinski definition) is 5. The van der Waals surface area contributed by atoms with E-state index in [1.807, 2.05) is 44.2 Å². The standard InChI is InChI=1S/C21H22N4O2/c1-3-27-19-7-5-4-6-17(19)24-20(26)18-12-13-22-21(25-18)23-14-16-10-8-15(2)9-11-16/h4-13H,3,14H2,1-2H3,(H,24,26)(H,22,23,25). The van der Waals surface area contributed by atoms with E-state index in [0.29, 0.717) is 30.5 Å². The molecule has 138 valence electrons. The van der Waals surface area contributed by atoms with E-state index in [1.165, 1.54) is 5.56 Å². The largest absolute Gasteiger partial charge is 0.492 e. The van der Waals surface area contributed by atoms with E-state index in [0.717, 1.165) is 5.56 Å². The maximum Gasteiger partial charge on any atom is 0.274 e. The minimum absolute atomic E-state index is 0.280. The molecule has 6 nitrogen and oxygen atoms in total. The molecule has 0 radical (unpaired) electrons. The van der Waals surface area contributed by atoms with E-state index in [4.69, 9.17) is 4.74 Å². The van der Waals surface area contributed by atoms with Gasteiger partial charge >= 0.3 is 0 Å². The summed E-state index contributed by atoms with van der Waals surface area (Å²) < 4.78 is 5.53. The van der Waals surface area contributed by atoms with Crippen LogP contribution >= 0.6 is 0 Å². The van der Waals surface area contributed by atoms with E-state index in [2.05, 4.69) is 32.7 Å². The van der Waals surface area contributed by atoms with Crippen LogP contribution in [0.5, 0.6) is 5.75 Å². The third-order valence-corrected chi connectivity index (χ3v) is 3.89. The first-order valence-corrected chi connectivity index (χ1v) is 8.81. The summed E-state index contributed by atoms with van der Waals surface area (Å²) in [7, 11) is 0. The summed E-state index contributed by atoms with van der Waals surface area (Å²) in [6.45, 7) is 5.05. The smallest absolute Gasteiger partial charge is 0.274 e. The fourth-order valence-corrected chi connectivity index (χ4v) is 2.50. The first-order chi connectivity index (χ1) is 13.2. The van der Waals surface area contributed by atoms with Gasteiger partial charge in [-0.15, -0.1) is 0 Å². The molecule has 6 heteroatoms. The first kappa shape index (κ1) is 18.4. The van der Waals surface area contributed by atoms with Crippen molar-refractivity contribution in [1.82, 2.24) is 9.97 Å². The Bertz CT molecular complexity index is 910. The van der Waals surface area contributed by atoms with Crippen LogP contribution in [0, 0.1) is 6.92 Å². The predicted molar refractivity (Wildman–Crippen MR) is 106 cm³/mol. The maximum atomic E-state index is 12.5. The number of amides is 1. The zero-order chi connectivity index (χ0) is 19.1. The Morgan fingerprint density at radius 2 is 1.85 bits per heavy atom. The molecule has 0 saturated carbocycles. The number of hydrogen-bond donors (Lipinski definition) is 2. The second-order valence-corrected chi connectivity index (χ2v) is 5.99. The highest BCUT2D eigenvalue weighted by Crippen LogP contribution is 2.24. The summed E-state index contributed by atoms with van der Waals surface area (Å²) in [5, 5.41) is 5.98. The lowest BCUT2D eigenvalue weighted by molar-refractivity contribution is 0.102. The van der Waals surface area contributed by atoms with Crippen molar-refractivity contribution in [2.45, 2.75) is 20.4 Å². The van der Waals surface area contributed by atoms with Crippen LogP contribution in [0.4, 0.5) is 11.6 Å². The number of anilines is 2. The van der Waals surface area contributed by atoms with Crippen LogP contribution in [0.25, 0.3) is 0 Å². The average Bonchev–Trinajstić information content (AvgIpc) is 2.69. The lowest BCUT2D eigenvalue weighted by Gasteiger charge is -2.11. The number of aryl methyl sites for hydroxylation is 1. The van der Waals surface area contributed by atoms with Crippen LogP contribution in [0.15, 0.2) is 60.8 Å². The molecule has 27 heavy (non-hydrogen) atoms. The Morgan fingerprint density at radius 3 is 2.63 bits per heavy atom. The van der Waals surface area contributed by atoms with Crippen molar-refractivity contribution in [2.24, 2.45) is 0 Å². The zero-order valence-electron chi connectivity index (χ0n) is 15.4. The van der Waals surface area contributed by atoms with E-state index in [1.54, 1.807) is 18.3 Å². The van der Waals surface area contributed by atoms with Crippen LogP contribution < -0.4 is 15.4 Å². The highest BCUT2D eigenvalue weighted by Gasteiger charge is 2.12. The number of para-hydroxylation sites is 2. The molecule has 0 aliphatic rings. The number of aromatic nitrogens is 2. The van der Waals surface area contributed by atoms with Crippen LogP contribution in [-0.4, -0.2) is 22.5 Å². The second kappa shape index (κ2) is 8.80. The first-order valence-electron chi connectivity index (χ1n) is 8.81. The van der Waals surface area contributed by atoms with Gasteiger partial charge in [0.2, 0.25) is 5.95 Å². The molecule has 1 amide bonds. The molecule has 0 atom stereocenters. The van der Waals surface area contributed by atoms with Crippen LogP contribution in [0.2, 0.25) is 0 Å². The predicted octanol–water partition coefficient (Wildman–Crippen LogP) is 4.05. The van der Waals surface area contributed by atoms with Gasteiger partial charge in [0.25, 0.3) is 5.91 Å². The van der Waals surface area contributed by atoms with Crippen LogP contribution in [0.1, 0.15) is 28.5 Å². The quantitative estimate of drug-likeness (QED) is 0.663. The SMILES string of the molecule is CCOc1ccccc1NC(=O)c1ccnc(NCc2ccc(C)cc2)n1. The summed E-state index contributed by atoms with van der Waals surface area (Å²) in [6.07, 6.45) is 1.56. The number of nitrogens with zero attached hydrogens (tertiary/aromatic N) is 2. The average molecular weight is 362 g/mol. The topological polar surface area (TPSA) is 76.1 Å². The highest BCUT2D eigenvalue weighted by molar-refractivity contribution is 6.03. The number of nitrogens with one attached hydrogen (secondary N) is 2. The molecular formula is C21H22N4O2. The summed E-state index contributed by atoms with van der Waals surface area (Å²) in [4.78, 5) is 21.0. The number of carbonyl (C=O) groups excluding carboxylic acids is 1. The van der Waals surface area contributed by atoms with Gasteiger partial charge in [-0.3, -0.25) is 4.79 Å². The Hall–Kier alpha value is -3.41. The van der Waals surface area contributed by atoms with Gasteiger partial charge in [-0.2, -0.15) is 0 Å². The van der Waals surface area contributed by atoms with Crippen molar-refractivity contribution in [1.29, 1.82) is 0 Å². The molecule has 1 aromatic heterocycles. The highest BCUT2D eigenvalue weighted by atomic mass is 16.5. The third kappa shape index (κ3) is 5.04. The van der Waals surface area contributed by atoms with Gasteiger partial charge in [-0.25, -0.2) is 9.97 Å². The van der Waals surface area contributed by atoms with Crippen molar-refractivity contribution in [3.05, 3.63) is 77.6 Å². The number of rotatable bonds is 7. The summed E-state index contributed by atoms with van der Waals surface area (Å²) >= 11 is 0. The van der Waals surface area contributed by atoms with Gasteiger partial charge in [-0.1, -0.05) is 42.0 Å². The maximum absolute atomic E-state index is 12.5. The Kier molecular flexibility index (Phi) is 5.99. The summed E-state index contributed by atoms with van der Waals surface area (Å²) in [5.74, 6) is 0.712. The fraction of sp³-hybridized carbons (Fsp3) is 0.190. The van der Waals surface area contributed by atoms with Gasteiger partial charge in [-0.05, 0) is 37.6 Å². The lowest BCUT2D eigenvalue weighted by atomic mass is 10.1. The molecule has 3 rings (SSSR count). The van der Waals surface area contributed by atoms with Gasteiger partial charge in [0.15, 0.2) is 0 Å². The van der Waals surface area contributed by atoms with E-state index >= 15 is 0 Å². The summed E-state index contributed by atoms with van der Waals surface area (Å²) in [6, 6.07) is 17.1. The second-order valence-electron chi connectivity index (χ2n) is 5.99. The van der Waals surface area contributed by atoms with Crippen molar-refractivity contribution in [2.75, 3.05) is 17.2 Å². The Morgan fingerprint density at radius 1 is 1.07 bits per heavy atom. The van der Waals surface area contributed by atoms with E-state index < -0.39 is 0 Å². The van der Waals surface area contributed by atoms with Crippen LogP contribution in [-0.2, 0) is 6.54 Å². The molecule has 0 aliphatic carbocycles. The van der Waals surface area contributed by atoms with Crippen molar-refractivity contribution >= 4 is 17.5 Å². The molecule has 0 bridgehead atoms. The van der Waals surface area contributed by atoms with Crippen LogP contribution in [0.3, 0.4) is 0 Å². The molecule has 0 saturated heterocycles. The van der Waals surface area contributed by atoms with Crippen molar-refractivity contribution < 1.29 is 9.53 Å². The molecule has 0 fully saturated rings. The van der Waals surface area contributed by atoms with E-state index in [-0.39, 0.29) is 11.6 Å². The Labute approximate surface area is 158 Å². The van der Waals surface area contributed by atoms with Gasteiger partial charge in [0, 0.05) is 12.7 Å². The molecule has 2 N–H and O–H groups in total. The minimum Gasteiger partial charge on any atom is -0.492 e. The molecular weight excluding hydrogens is 340 g/mol. The molecule has 1 heterocycles. The normalized spacial score (nSPS) is 10.3. The molecule has 3 aromatic rings. The molecule has 0 unspecified atom stereocenters. The van der Waals surface area contributed by atoms with Gasteiger partial charge < -0.3 is 15.4 Å². The molecule has 2 aromatic carbocycles. The van der Waals surface area contributed by atoms with Crippen molar-refractivity contribution in [3.63, 3.8) is 0 Å². The number of benzene rings is 2. The molecule has 0 spiro atoms. The Balaban J connectivity index is 1.67. The monoisotopic (exact) mass is 362 g/mol. The summed E-state index contributed by atoms with van der Waals surface area (Å²) in [5.41, 5.74) is 3.21. The lowest BCUT2D eigenvalue weighted by Crippen LogP contribution is -2.16. The number of ether oxygens (including phenoxy) is 1. The van der Waals surface area contributed by atoms with Gasteiger partial charge in [0.05, 0.1) is 12.3 Å². The number of carbonyl (C=O) groups is 1. The zero-order valence-corrected chi connectivity index (χ0v) is 15.4. The third-order valence-electron chi connectivity index (χ3n) is 3.89. The van der Waals surface area contributed by atoms with Gasteiger partial charge in [0.1, 0.15) is 11.4 Å². The fourth-order valence-electron chi connectivity index (χ4n) is 2.50. The minimum atomic E-state index is -0.317. The molecule has 0 aliphatic heterocycles.